The number of para-hydroxylation sites is 1. The van der Waals surface area contributed by atoms with Gasteiger partial charge in [0.05, 0.1) is 16.7 Å². The molecule has 0 aliphatic rings. The Hall–Kier alpha value is -2.60. The molecule has 28 heavy (non-hydrogen) atoms. The topological polar surface area (TPSA) is 64.0 Å². The summed E-state index contributed by atoms with van der Waals surface area (Å²) in [5, 5.41) is 4.12. The Morgan fingerprint density at radius 2 is 1.93 bits per heavy atom. The zero-order valence-corrected chi connectivity index (χ0v) is 17.3. The number of rotatable bonds is 7. The van der Waals surface area contributed by atoms with E-state index in [1.807, 2.05) is 50.2 Å². The van der Waals surface area contributed by atoms with Crippen LogP contribution in [0.15, 0.2) is 52.4 Å². The number of anilines is 1. The lowest BCUT2D eigenvalue weighted by Gasteiger charge is -2.13. The first-order valence-corrected chi connectivity index (χ1v) is 10.5. The Kier molecular flexibility index (Phi) is 6.52. The Bertz CT molecular complexity index is 1060. The zero-order valence-electron chi connectivity index (χ0n) is 16.5. The summed E-state index contributed by atoms with van der Waals surface area (Å²) < 4.78 is 1.69. The lowest BCUT2D eigenvalue weighted by atomic mass is 10.1. The molecule has 0 bridgehead atoms. The molecule has 0 saturated carbocycles. The molecule has 2 aromatic carbocycles. The molecule has 6 heteroatoms. The van der Waals surface area contributed by atoms with Crippen molar-refractivity contribution in [1.29, 1.82) is 0 Å². The highest BCUT2D eigenvalue weighted by Crippen LogP contribution is 2.20. The average molecular weight is 396 g/mol. The smallest absolute Gasteiger partial charge is 0.262 e. The van der Waals surface area contributed by atoms with Crippen LogP contribution in [0.3, 0.4) is 0 Å². The van der Waals surface area contributed by atoms with Gasteiger partial charge in [0.15, 0.2) is 5.16 Å². The van der Waals surface area contributed by atoms with Crippen LogP contribution in [0.2, 0.25) is 0 Å². The highest BCUT2D eigenvalue weighted by atomic mass is 32.2. The minimum atomic E-state index is -0.113. The van der Waals surface area contributed by atoms with Gasteiger partial charge in [-0.15, -0.1) is 0 Å². The predicted octanol–water partition coefficient (Wildman–Crippen LogP) is 4.54. The number of aryl methyl sites for hydroxylation is 2. The fourth-order valence-electron chi connectivity index (χ4n) is 2.92. The second-order valence-corrected chi connectivity index (χ2v) is 7.80. The van der Waals surface area contributed by atoms with E-state index in [0.29, 0.717) is 22.6 Å². The summed E-state index contributed by atoms with van der Waals surface area (Å²) in [6.45, 7) is 6.75. The number of hydrogen-bond acceptors (Lipinski definition) is 4. The Morgan fingerprint density at radius 1 is 1.14 bits per heavy atom. The summed E-state index contributed by atoms with van der Waals surface area (Å²) in [4.78, 5) is 29.9. The fourth-order valence-corrected chi connectivity index (χ4v) is 3.74. The molecular weight excluding hydrogens is 370 g/mol. The van der Waals surface area contributed by atoms with E-state index < -0.39 is 0 Å². The standard InChI is InChI=1S/C22H25N3O2S/c1-4-5-12-25-21(27)18-8-6-7-9-19(18)24-22(25)28-14-20(26)23-17-11-10-15(2)16(3)13-17/h6-11,13H,4-5,12,14H2,1-3H3,(H,23,26). The molecule has 1 N–H and O–H groups in total. The van der Waals surface area contributed by atoms with Gasteiger partial charge in [-0.25, -0.2) is 4.98 Å². The molecule has 1 aromatic heterocycles. The third-order valence-electron chi connectivity index (χ3n) is 4.68. The van der Waals surface area contributed by atoms with Gasteiger partial charge in [0.2, 0.25) is 5.91 Å². The minimum Gasteiger partial charge on any atom is -0.325 e. The third kappa shape index (κ3) is 4.62. The molecule has 0 radical (unpaired) electrons. The van der Waals surface area contributed by atoms with Crippen molar-refractivity contribution in [3.63, 3.8) is 0 Å². The summed E-state index contributed by atoms with van der Waals surface area (Å²) in [6, 6.07) is 13.2. The summed E-state index contributed by atoms with van der Waals surface area (Å²) in [5.74, 6) is 0.0850. The second-order valence-electron chi connectivity index (χ2n) is 6.86. The number of carbonyl (C=O) groups is 1. The van der Waals surface area contributed by atoms with Crippen molar-refractivity contribution in [2.45, 2.75) is 45.3 Å². The van der Waals surface area contributed by atoms with Crippen molar-refractivity contribution in [2.75, 3.05) is 11.1 Å². The van der Waals surface area contributed by atoms with Crippen LogP contribution < -0.4 is 10.9 Å². The van der Waals surface area contributed by atoms with Gasteiger partial charge in [0.25, 0.3) is 5.56 Å². The van der Waals surface area contributed by atoms with E-state index in [2.05, 4.69) is 17.2 Å². The lowest BCUT2D eigenvalue weighted by molar-refractivity contribution is -0.113. The number of nitrogens with zero attached hydrogens (tertiary/aromatic N) is 2. The van der Waals surface area contributed by atoms with Crippen LogP contribution in [-0.2, 0) is 11.3 Å². The highest BCUT2D eigenvalue weighted by molar-refractivity contribution is 7.99. The van der Waals surface area contributed by atoms with Crippen molar-refractivity contribution >= 4 is 34.3 Å². The number of unbranched alkanes of at least 4 members (excludes halogenated alkanes) is 1. The van der Waals surface area contributed by atoms with Crippen molar-refractivity contribution < 1.29 is 4.79 Å². The summed E-state index contributed by atoms with van der Waals surface area (Å²) in [7, 11) is 0. The van der Waals surface area contributed by atoms with Crippen LogP contribution in [0.25, 0.3) is 10.9 Å². The maximum absolute atomic E-state index is 12.9. The molecule has 1 heterocycles. The molecule has 0 aliphatic carbocycles. The van der Waals surface area contributed by atoms with Crippen LogP contribution in [-0.4, -0.2) is 21.2 Å². The predicted molar refractivity (Wildman–Crippen MR) is 116 cm³/mol. The molecule has 0 unspecified atom stereocenters. The monoisotopic (exact) mass is 395 g/mol. The number of nitrogens with one attached hydrogen (secondary N) is 1. The largest absolute Gasteiger partial charge is 0.325 e. The molecule has 0 saturated heterocycles. The zero-order chi connectivity index (χ0) is 20.1. The molecule has 146 valence electrons. The van der Waals surface area contributed by atoms with Crippen LogP contribution in [0.1, 0.15) is 30.9 Å². The van der Waals surface area contributed by atoms with Crippen LogP contribution >= 0.6 is 11.8 Å². The number of carbonyl (C=O) groups excluding carboxylic acids is 1. The van der Waals surface area contributed by atoms with E-state index >= 15 is 0 Å². The van der Waals surface area contributed by atoms with E-state index in [0.717, 1.165) is 24.1 Å². The van der Waals surface area contributed by atoms with Gasteiger partial charge in [-0.2, -0.15) is 0 Å². The van der Waals surface area contributed by atoms with Gasteiger partial charge in [-0.3, -0.25) is 14.2 Å². The highest BCUT2D eigenvalue weighted by Gasteiger charge is 2.13. The number of benzene rings is 2. The number of fused-ring (bicyclic) bond motifs is 1. The van der Waals surface area contributed by atoms with Crippen LogP contribution in [0.5, 0.6) is 0 Å². The molecule has 0 atom stereocenters. The first-order chi connectivity index (χ1) is 13.5. The molecule has 1 amide bonds. The van der Waals surface area contributed by atoms with Gasteiger partial charge < -0.3 is 5.32 Å². The number of hydrogen-bond donors (Lipinski definition) is 1. The lowest BCUT2D eigenvalue weighted by Crippen LogP contribution is -2.24. The van der Waals surface area contributed by atoms with Crippen molar-refractivity contribution in [3.05, 3.63) is 63.9 Å². The summed E-state index contributed by atoms with van der Waals surface area (Å²) in [5.41, 5.74) is 3.72. The molecule has 3 aromatic rings. The van der Waals surface area contributed by atoms with Gasteiger partial charge in [-0.1, -0.05) is 43.3 Å². The maximum atomic E-state index is 12.9. The van der Waals surface area contributed by atoms with E-state index in [-0.39, 0.29) is 17.2 Å². The first-order valence-electron chi connectivity index (χ1n) is 9.49. The first kappa shape index (κ1) is 20.1. The summed E-state index contributed by atoms with van der Waals surface area (Å²) >= 11 is 1.30. The Balaban J connectivity index is 1.79. The van der Waals surface area contributed by atoms with E-state index in [9.17, 15) is 9.59 Å². The van der Waals surface area contributed by atoms with E-state index in [1.165, 1.54) is 17.3 Å². The molecule has 3 rings (SSSR count). The van der Waals surface area contributed by atoms with Gasteiger partial charge in [0.1, 0.15) is 0 Å². The van der Waals surface area contributed by atoms with Crippen molar-refractivity contribution in [2.24, 2.45) is 0 Å². The Morgan fingerprint density at radius 3 is 2.68 bits per heavy atom. The number of thioether (sulfide) groups is 1. The quantitative estimate of drug-likeness (QED) is 0.471. The van der Waals surface area contributed by atoms with Gasteiger partial charge in [-0.05, 0) is 55.7 Å². The van der Waals surface area contributed by atoms with E-state index in [1.54, 1.807) is 10.6 Å². The molecule has 0 fully saturated rings. The average Bonchev–Trinajstić information content (AvgIpc) is 2.69. The van der Waals surface area contributed by atoms with Crippen molar-refractivity contribution in [3.8, 4) is 0 Å². The molecule has 0 spiro atoms. The molecular formula is C22H25N3O2S. The molecule has 0 aliphatic heterocycles. The van der Waals surface area contributed by atoms with E-state index in [4.69, 9.17) is 0 Å². The second kappa shape index (κ2) is 9.06. The van der Waals surface area contributed by atoms with Crippen LogP contribution in [0.4, 0.5) is 5.69 Å². The number of amides is 1. The third-order valence-corrected chi connectivity index (χ3v) is 5.66. The van der Waals surface area contributed by atoms with Crippen LogP contribution in [0, 0.1) is 13.8 Å². The fraction of sp³-hybridized carbons (Fsp3) is 0.318. The van der Waals surface area contributed by atoms with Gasteiger partial charge >= 0.3 is 0 Å². The number of aromatic nitrogens is 2. The normalized spacial score (nSPS) is 11.0. The minimum absolute atomic E-state index is 0.0453. The SMILES string of the molecule is CCCCn1c(SCC(=O)Nc2ccc(C)c(C)c2)nc2ccccc2c1=O. The Labute approximate surface area is 169 Å². The summed E-state index contributed by atoms with van der Waals surface area (Å²) in [6.07, 6.45) is 1.87. The maximum Gasteiger partial charge on any atom is 0.262 e. The van der Waals surface area contributed by atoms with Gasteiger partial charge in [0, 0.05) is 12.2 Å². The van der Waals surface area contributed by atoms with Crippen molar-refractivity contribution in [1.82, 2.24) is 9.55 Å². The molecule has 5 nitrogen and oxygen atoms in total.